The average Bonchev–Trinajstić information content (AvgIpc) is 2.97. The third kappa shape index (κ3) is 3.38. The lowest BCUT2D eigenvalue weighted by Crippen LogP contribution is -1.86. The van der Waals surface area contributed by atoms with Crippen molar-refractivity contribution in [3.63, 3.8) is 0 Å². The Morgan fingerprint density at radius 1 is 0.778 bits per heavy atom. The lowest BCUT2D eigenvalue weighted by molar-refractivity contribution is 1.10. The van der Waals surface area contributed by atoms with Gasteiger partial charge in [-0.1, -0.05) is 35.9 Å². The van der Waals surface area contributed by atoms with Gasteiger partial charge in [0.1, 0.15) is 11.3 Å². The molecule has 0 aliphatic heterocycles. The molecule has 2 aromatic heterocycles. The molecule has 4 aromatic rings. The molecule has 0 fully saturated rings. The van der Waals surface area contributed by atoms with Crippen LogP contribution in [0.2, 0.25) is 0 Å². The molecule has 4 rings (SSSR count). The van der Waals surface area contributed by atoms with Crippen molar-refractivity contribution in [2.75, 3.05) is 0 Å². The highest BCUT2D eigenvalue weighted by Gasteiger charge is 2.15. The third-order valence-corrected chi connectivity index (χ3v) is 4.61. The molecule has 0 atom stereocenters. The van der Waals surface area contributed by atoms with Crippen LogP contribution in [0.15, 0.2) is 71.0 Å². The van der Waals surface area contributed by atoms with Crippen molar-refractivity contribution in [3.8, 4) is 11.3 Å². The van der Waals surface area contributed by atoms with Crippen LogP contribution in [0.5, 0.6) is 0 Å². The first-order valence-electron chi connectivity index (χ1n) is 9.06. The summed E-state index contributed by atoms with van der Waals surface area (Å²) in [5.41, 5.74) is 8.42. The van der Waals surface area contributed by atoms with E-state index in [9.17, 15) is 0 Å². The number of imidazole rings is 1. The van der Waals surface area contributed by atoms with Gasteiger partial charge in [0, 0.05) is 11.8 Å². The summed E-state index contributed by atoms with van der Waals surface area (Å²) in [4.78, 5) is 4.83. The summed E-state index contributed by atoms with van der Waals surface area (Å²) < 4.78 is 1.99. The van der Waals surface area contributed by atoms with Crippen LogP contribution in [0, 0.1) is 27.7 Å². The number of benzene rings is 2. The summed E-state index contributed by atoms with van der Waals surface area (Å²) >= 11 is 0. The molecule has 4 nitrogen and oxygen atoms in total. The van der Waals surface area contributed by atoms with E-state index in [0.717, 1.165) is 28.4 Å². The number of hydrogen-bond donors (Lipinski definition) is 0. The maximum atomic E-state index is 4.83. The van der Waals surface area contributed by atoms with Gasteiger partial charge < -0.3 is 0 Å². The molecule has 134 valence electrons. The van der Waals surface area contributed by atoms with Crippen molar-refractivity contribution in [1.82, 2.24) is 9.38 Å². The van der Waals surface area contributed by atoms with Gasteiger partial charge >= 0.3 is 0 Å². The quantitative estimate of drug-likeness (QED) is 0.380. The van der Waals surface area contributed by atoms with Crippen LogP contribution in [0.25, 0.3) is 16.9 Å². The van der Waals surface area contributed by atoms with E-state index in [2.05, 4.69) is 62.2 Å². The molecule has 27 heavy (non-hydrogen) atoms. The summed E-state index contributed by atoms with van der Waals surface area (Å²) in [5.74, 6) is 0.747. The Hall–Kier alpha value is -3.27. The first kappa shape index (κ1) is 17.2. The second kappa shape index (κ2) is 6.80. The van der Waals surface area contributed by atoms with E-state index in [1.54, 1.807) is 0 Å². The Bertz CT molecular complexity index is 1150. The fourth-order valence-corrected chi connectivity index (χ4v) is 3.45. The molecular weight excluding hydrogens is 332 g/mol. The van der Waals surface area contributed by atoms with Gasteiger partial charge in [-0.15, -0.1) is 10.2 Å². The highest BCUT2D eigenvalue weighted by Crippen LogP contribution is 2.34. The normalized spacial score (nSPS) is 11.6. The third-order valence-electron chi connectivity index (χ3n) is 4.61. The second-order valence-corrected chi connectivity index (χ2v) is 7.08. The predicted octanol–water partition coefficient (Wildman–Crippen LogP) is 6.65. The summed E-state index contributed by atoms with van der Waals surface area (Å²) in [5, 5.41) is 9.13. The van der Waals surface area contributed by atoms with Crippen LogP contribution in [0.1, 0.15) is 22.3 Å². The molecule has 4 heteroatoms. The summed E-state index contributed by atoms with van der Waals surface area (Å²) in [6.07, 6.45) is 1.98. The van der Waals surface area contributed by atoms with Crippen LogP contribution < -0.4 is 0 Å². The monoisotopic (exact) mass is 354 g/mol. The Morgan fingerprint density at radius 3 is 2.30 bits per heavy atom. The average molecular weight is 354 g/mol. The van der Waals surface area contributed by atoms with E-state index in [-0.39, 0.29) is 0 Å². The molecule has 0 saturated heterocycles. The Kier molecular flexibility index (Phi) is 4.32. The molecule has 2 aromatic carbocycles. The van der Waals surface area contributed by atoms with Gasteiger partial charge in [0.2, 0.25) is 0 Å². The van der Waals surface area contributed by atoms with Crippen LogP contribution in [-0.4, -0.2) is 9.38 Å². The van der Waals surface area contributed by atoms with Gasteiger partial charge in [-0.25, -0.2) is 4.98 Å². The van der Waals surface area contributed by atoms with Crippen molar-refractivity contribution >= 4 is 17.2 Å². The number of aromatic nitrogens is 2. The first-order valence-corrected chi connectivity index (χ1v) is 9.06. The molecule has 0 aliphatic carbocycles. The Labute approximate surface area is 159 Å². The number of aryl methyl sites for hydroxylation is 4. The van der Waals surface area contributed by atoms with Crippen LogP contribution >= 0.6 is 0 Å². The minimum absolute atomic E-state index is 0.747. The van der Waals surface area contributed by atoms with E-state index < -0.39 is 0 Å². The number of fused-ring (bicyclic) bond motifs is 1. The van der Waals surface area contributed by atoms with Crippen molar-refractivity contribution < 1.29 is 0 Å². The zero-order valence-electron chi connectivity index (χ0n) is 16.1. The summed E-state index contributed by atoms with van der Waals surface area (Å²) in [6.45, 7) is 8.35. The minimum atomic E-state index is 0.747. The maximum Gasteiger partial charge on any atom is 0.187 e. The smallest absolute Gasteiger partial charge is 0.187 e. The fraction of sp³-hybridized carbons (Fsp3) is 0.174. The molecule has 0 radical (unpaired) electrons. The number of nitrogens with zero attached hydrogens (tertiary/aromatic N) is 4. The van der Waals surface area contributed by atoms with Crippen molar-refractivity contribution in [3.05, 3.63) is 83.0 Å². The largest absolute Gasteiger partial charge is 0.283 e. The van der Waals surface area contributed by atoms with E-state index in [1.165, 1.54) is 22.3 Å². The lowest BCUT2D eigenvalue weighted by Gasteiger charge is -2.05. The van der Waals surface area contributed by atoms with Crippen LogP contribution in [0.4, 0.5) is 11.5 Å². The van der Waals surface area contributed by atoms with Gasteiger partial charge in [-0.05, 0) is 68.7 Å². The number of azo groups is 1. The summed E-state index contributed by atoms with van der Waals surface area (Å²) in [7, 11) is 0. The second-order valence-electron chi connectivity index (χ2n) is 7.08. The van der Waals surface area contributed by atoms with Gasteiger partial charge in [0.15, 0.2) is 5.82 Å². The molecule has 2 heterocycles. The lowest BCUT2D eigenvalue weighted by atomic mass is 10.0. The van der Waals surface area contributed by atoms with Crippen LogP contribution in [0.3, 0.4) is 0 Å². The van der Waals surface area contributed by atoms with Crippen molar-refractivity contribution in [2.45, 2.75) is 27.7 Å². The standard InChI is InChI=1S/C23H22N4/c1-15-8-9-20(18(4)12-15)22-23(27-10-6-5-7-21(27)24-22)26-25-19-13-16(2)11-17(3)14-19/h5-14H,1-4H3. The number of hydrogen-bond acceptors (Lipinski definition) is 3. The molecular formula is C23H22N4. The van der Waals surface area contributed by atoms with Crippen molar-refractivity contribution in [2.24, 2.45) is 10.2 Å². The van der Waals surface area contributed by atoms with Gasteiger partial charge in [0.25, 0.3) is 0 Å². The van der Waals surface area contributed by atoms with Gasteiger partial charge in [-0.3, -0.25) is 4.40 Å². The zero-order valence-corrected chi connectivity index (χ0v) is 16.1. The van der Waals surface area contributed by atoms with Gasteiger partial charge in [0.05, 0.1) is 5.69 Å². The molecule has 0 amide bonds. The highest BCUT2D eigenvalue weighted by atomic mass is 15.2. The van der Waals surface area contributed by atoms with Crippen molar-refractivity contribution in [1.29, 1.82) is 0 Å². The fourth-order valence-electron chi connectivity index (χ4n) is 3.45. The highest BCUT2D eigenvalue weighted by molar-refractivity contribution is 5.76. The van der Waals surface area contributed by atoms with E-state index in [0.29, 0.717) is 0 Å². The molecule has 0 spiro atoms. The van der Waals surface area contributed by atoms with E-state index >= 15 is 0 Å². The zero-order chi connectivity index (χ0) is 19.0. The minimum Gasteiger partial charge on any atom is -0.283 e. The molecule has 0 N–H and O–H groups in total. The van der Waals surface area contributed by atoms with Crippen LogP contribution in [-0.2, 0) is 0 Å². The number of rotatable bonds is 3. The predicted molar refractivity (Wildman–Crippen MR) is 110 cm³/mol. The maximum absolute atomic E-state index is 4.83. The Morgan fingerprint density at radius 2 is 1.56 bits per heavy atom. The SMILES string of the molecule is Cc1cc(C)cc(N=Nc2c(-c3ccc(C)cc3C)nc3ccccn23)c1. The number of pyridine rings is 1. The molecule has 0 bridgehead atoms. The Balaban J connectivity index is 1.89. The first-order chi connectivity index (χ1) is 13.0. The topological polar surface area (TPSA) is 42.0 Å². The van der Waals surface area contributed by atoms with Gasteiger partial charge in [-0.2, -0.15) is 0 Å². The molecule has 0 aliphatic rings. The molecule has 0 unspecified atom stereocenters. The summed E-state index contributed by atoms with van der Waals surface area (Å²) in [6, 6.07) is 18.6. The van der Waals surface area contributed by atoms with E-state index in [1.807, 2.05) is 40.9 Å². The molecule has 0 saturated carbocycles. The van der Waals surface area contributed by atoms with E-state index in [4.69, 9.17) is 4.98 Å².